The monoisotopic (exact) mass is 336 g/mol. The standard InChI is InChI=1S/C18H24O4S/c1-18(2,3)22-16(19)12-20-15-9-13(10-15)11-21-17(23)14-7-5-4-6-8-14/h4-8,13,15H,9-12H2,1-3H3. The maximum absolute atomic E-state index is 11.6. The molecular formula is C18H24O4S. The zero-order valence-electron chi connectivity index (χ0n) is 13.9. The van der Waals surface area contributed by atoms with Gasteiger partial charge in [0.2, 0.25) is 0 Å². The lowest BCUT2D eigenvalue weighted by molar-refractivity contribution is -0.165. The number of carbonyl (C=O) groups excluding carboxylic acids is 1. The molecule has 126 valence electrons. The molecule has 0 atom stereocenters. The van der Waals surface area contributed by atoms with Gasteiger partial charge in [-0.3, -0.25) is 0 Å². The van der Waals surface area contributed by atoms with Crippen molar-refractivity contribution < 1.29 is 19.0 Å². The predicted octanol–water partition coefficient (Wildman–Crippen LogP) is 3.52. The quantitative estimate of drug-likeness (QED) is 0.587. The van der Waals surface area contributed by atoms with Gasteiger partial charge in [-0.2, -0.15) is 0 Å². The molecule has 0 aromatic heterocycles. The van der Waals surface area contributed by atoms with Crippen molar-refractivity contribution in [3.05, 3.63) is 35.9 Å². The summed E-state index contributed by atoms with van der Waals surface area (Å²) >= 11 is 5.26. The molecule has 1 fully saturated rings. The minimum Gasteiger partial charge on any atom is -0.483 e. The van der Waals surface area contributed by atoms with Gasteiger partial charge in [0.25, 0.3) is 0 Å². The molecule has 0 bridgehead atoms. The van der Waals surface area contributed by atoms with E-state index in [2.05, 4.69) is 0 Å². The first-order valence-corrected chi connectivity index (χ1v) is 8.30. The van der Waals surface area contributed by atoms with E-state index >= 15 is 0 Å². The molecule has 0 spiro atoms. The predicted molar refractivity (Wildman–Crippen MR) is 92.4 cm³/mol. The molecule has 4 nitrogen and oxygen atoms in total. The first kappa shape index (κ1) is 17.9. The largest absolute Gasteiger partial charge is 0.483 e. The Morgan fingerprint density at radius 1 is 1.22 bits per heavy atom. The van der Waals surface area contributed by atoms with Crippen LogP contribution >= 0.6 is 12.2 Å². The Morgan fingerprint density at radius 3 is 2.48 bits per heavy atom. The van der Waals surface area contributed by atoms with Crippen LogP contribution in [-0.2, 0) is 19.0 Å². The molecule has 0 aliphatic heterocycles. The Hall–Kier alpha value is -1.46. The second-order valence-corrected chi connectivity index (χ2v) is 7.19. The highest BCUT2D eigenvalue weighted by molar-refractivity contribution is 7.80. The van der Waals surface area contributed by atoms with E-state index in [1.165, 1.54) is 0 Å². The molecule has 1 saturated carbocycles. The van der Waals surface area contributed by atoms with Crippen LogP contribution in [0.1, 0.15) is 39.2 Å². The fourth-order valence-electron chi connectivity index (χ4n) is 2.35. The van der Waals surface area contributed by atoms with E-state index in [0.29, 0.717) is 17.6 Å². The minimum absolute atomic E-state index is 0.0118. The second kappa shape index (κ2) is 7.88. The van der Waals surface area contributed by atoms with Crippen LogP contribution < -0.4 is 0 Å². The molecule has 2 rings (SSSR count). The molecule has 23 heavy (non-hydrogen) atoms. The Bertz CT molecular complexity index is 530. The van der Waals surface area contributed by atoms with Crippen molar-refractivity contribution in [1.29, 1.82) is 0 Å². The van der Waals surface area contributed by atoms with E-state index in [4.69, 9.17) is 26.4 Å². The number of hydrogen-bond donors (Lipinski definition) is 0. The molecule has 0 heterocycles. The minimum atomic E-state index is -0.469. The molecule has 0 saturated heterocycles. The molecule has 5 heteroatoms. The van der Waals surface area contributed by atoms with E-state index < -0.39 is 5.60 Å². The van der Waals surface area contributed by atoms with Gasteiger partial charge in [0, 0.05) is 5.56 Å². The number of benzene rings is 1. The third kappa shape index (κ3) is 6.28. The highest BCUT2D eigenvalue weighted by Crippen LogP contribution is 2.30. The molecule has 1 aliphatic rings. The SMILES string of the molecule is CC(C)(C)OC(=O)COC1CC(COC(=S)c2ccccc2)C1. The van der Waals surface area contributed by atoms with Crippen molar-refractivity contribution in [2.24, 2.45) is 5.92 Å². The lowest BCUT2D eigenvalue weighted by Gasteiger charge is -2.34. The van der Waals surface area contributed by atoms with Crippen molar-refractivity contribution in [3.8, 4) is 0 Å². The highest BCUT2D eigenvalue weighted by atomic mass is 32.1. The van der Waals surface area contributed by atoms with Gasteiger partial charge in [0.05, 0.1) is 12.7 Å². The van der Waals surface area contributed by atoms with Crippen molar-refractivity contribution in [1.82, 2.24) is 0 Å². The number of hydrogen-bond acceptors (Lipinski definition) is 5. The van der Waals surface area contributed by atoms with Crippen LogP contribution in [0.3, 0.4) is 0 Å². The maximum atomic E-state index is 11.6. The van der Waals surface area contributed by atoms with Gasteiger partial charge in [-0.25, -0.2) is 4.79 Å². The van der Waals surface area contributed by atoms with Gasteiger partial charge in [-0.15, -0.1) is 0 Å². The summed E-state index contributed by atoms with van der Waals surface area (Å²) in [6.07, 6.45) is 1.89. The molecule has 0 unspecified atom stereocenters. The summed E-state index contributed by atoms with van der Waals surface area (Å²) in [7, 11) is 0. The van der Waals surface area contributed by atoms with Crippen molar-refractivity contribution in [2.45, 2.75) is 45.3 Å². The number of thiocarbonyl (C=S) groups is 1. The summed E-state index contributed by atoms with van der Waals surface area (Å²) in [4.78, 5) is 11.6. The fraction of sp³-hybridized carbons (Fsp3) is 0.556. The fourth-order valence-corrected chi connectivity index (χ4v) is 2.56. The van der Waals surface area contributed by atoms with Crippen LogP contribution in [0, 0.1) is 5.92 Å². The first-order valence-electron chi connectivity index (χ1n) is 7.89. The van der Waals surface area contributed by atoms with Gasteiger partial charge < -0.3 is 14.2 Å². The number of carbonyl (C=O) groups is 1. The molecule has 0 radical (unpaired) electrons. The van der Waals surface area contributed by atoms with Gasteiger partial charge in [-0.05, 0) is 51.7 Å². The van der Waals surface area contributed by atoms with Crippen LogP contribution in [0.4, 0.5) is 0 Å². The Kier molecular flexibility index (Phi) is 6.13. The highest BCUT2D eigenvalue weighted by Gasteiger charge is 2.31. The van der Waals surface area contributed by atoms with E-state index in [1.54, 1.807) is 0 Å². The Labute approximate surface area is 143 Å². The average Bonchev–Trinajstić information content (AvgIpc) is 2.44. The van der Waals surface area contributed by atoms with Crippen molar-refractivity contribution >= 4 is 23.2 Å². The summed E-state index contributed by atoms with van der Waals surface area (Å²) in [5.74, 6) is 0.114. The normalized spacial score (nSPS) is 20.5. The van der Waals surface area contributed by atoms with E-state index in [0.717, 1.165) is 18.4 Å². The molecule has 0 N–H and O–H groups in total. The topological polar surface area (TPSA) is 44.8 Å². The molecule has 1 aliphatic carbocycles. The van der Waals surface area contributed by atoms with Gasteiger partial charge >= 0.3 is 5.97 Å². The van der Waals surface area contributed by atoms with Gasteiger partial charge in [-0.1, -0.05) is 30.3 Å². The number of rotatable bonds is 6. The van der Waals surface area contributed by atoms with Crippen LogP contribution in [0.25, 0.3) is 0 Å². The zero-order valence-corrected chi connectivity index (χ0v) is 14.7. The molecule has 1 aromatic carbocycles. The van der Waals surface area contributed by atoms with Crippen LogP contribution in [-0.4, -0.2) is 35.9 Å². The Balaban J connectivity index is 1.59. The van der Waals surface area contributed by atoms with Crippen molar-refractivity contribution in [2.75, 3.05) is 13.2 Å². The smallest absolute Gasteiger partial charge is 0.332 e. The lowest BCUT2D eigenvalue weighted by atomic mass is 9.83. The average molecular weight is 336 g/mol. The van der Waals surface area contributed by atoms with E-state index in [1.807, 2.05) is 51.1 Å². The number of ether oxygens (including phenoxy) is 3. The van der Waals surface area contributed by atoms with E-state index in [9.17, 15) is 4.79 Å². The summed E-state index contributed by atoms with van der Waals surface area (Å²) in [6, 6.07) is 9.71. The zero-order chi connectivity index (χ0) is 16.9. The van der Waals surface area contributed by atoms with Crippen LogP contribution in [0.5, 0.6) is 0 Å². The molecular weight excluding hydrogens is 312 g/mol. The van der Waals surface area contributed by atoms with E-state index in [-0.39, 0.29) is 18.7 Å². The first-order chi connectivity index (χ1) is 10.8. The maximum Gasteiger partial charge on any atom is 0.332 e. The van der Waals surface area contributed by atoms with Crippen LogP contribution in [0.15, 0.2) is 30.3 Å². The summed E-state index contributed by atoms with van der Waals surface area (Å²) < 4.78 is 16.4. The molecule has 0 amide bonds. The number of esters is 1. The van der Waals surface area contributed by atoms with Gasteiger partial charge in [0.15, 0.2) is 5.05 Å². The third-order valence-corrected chi connectivity index (χ3v) is 3.86. The Morgan fingerprint density at radius 2 is 1.87 bits per heavy atom. The van der Waals surface area contributed by atoms with Crippen LogP contribution in [0.2, 0.25) is 0 Å². The summed E-state index contributed by atoms with van der Waals surface area (Å²) in [5.41, 5.74) is 0.461. The second-order valence-electron chi connectivity index (χ2n) is 6.82. The summed E-state index contributed by atoms with van der Waals surface area (Å²) in [5, 5.41) is 0.531. The van der Waals surface area contributed by atoms with Crippen molar-refractivity contribution in [3.63, 3.8) is 0 Å². The third-order valence-electron chi connectivity index (χ3n) is 3.51. The lowest BCUT2D eigenvalue weighted by Crippen LogP contribution is -2.37. The van der Waals surface area contributed by atoms with Gasteiger partial charge in [0.1, 0.15) is 12.2 Å². The summed E-state index contributed by atoms with van der Waals surface area (Å²) in [6.45, 7) is 6.14. The molecule has 1 aromatic rings.